The van der Waals surface area contributed by atoms with Crippen LogP contribution in [-0.2, 0) is 0 Å². The zero-order chi connectivity index (χ0) is 7.11. The number of hydrogen-bond acceptors (Lipinski definition) is 1. The molecule has 9 heavy (non-hydrogen) atoms. The summed E-state index contributed by atoms with van der Waals surface area (Å²) < 4.78 is 0. The molecule has 0 saturated carbocycles. The van der Waals surface area contributed by atoms with Crippen molar-refractivity contribution in [2.75, 3.05) is 0 Å². The van der Waals surface area contributed by atoms with E-state index in [2.05, 4.69) is 13.0 Å². The fourth-order valence-electron chi connectivity index (χ4n) is 0.578. The van der Waals surface area contributed by atoms with Crippen molar-refractivity contribution in [2.45, 2.75) is 39.2 Å². The number of unbranched alkanes of at least 4 members (excludes halogenated alkanes) is 1. The van der Waals surface area contributed by atoms with Gasteiger partial charge in [0.05, 0.1) is 6.10 Å². The van der Waals surface area contributed by atoms with Crippen LogP contribution in [0, 0.1) is 0 Å². The van der Waals surface area contributed by atoms with E-state index in [0.717, 1.165) is 12.8 Å². The van der Waals surface area contributed by atoms with Crippen LogP contribution in [0.4, 0.5) is 0 Å². The van der Waals surface area contributed by atoms with Gasteiger partial charge in [0.25, 0.3) is 0 Å². The van der Waals surface area contributed by atoms with Gasteiger partial charge in [0.2, 0.25) is 0 Å². The Morgan fingerprint density at radius 2 is 2.11 bits per heavy atom. The number of aliphatic hydroxyl groups excluding tert-OH is 1. The van der Waals surface area contributed by atoms with Crippen molar-refractivity contribution in [3.05, 3.63) is 12.2 Å². The van der Waals surface area contributed by atoms with Gasteiger partial charge in [0.1, 0.15) is 0 Å². The van der Waals surface area contributed by atoms with Gasteiger partial charge in [0.15, 0.2) is 0 Å². The van der Waals surface area contributed by atoms with Crippen LogP contribution in [-0.4, -0.2) is 11.2 Å². The molecule has 1 atom stereocenters. The molecule has 0 aliphatic rings. The van der Waals surface area contributed by atoms with E-state index >= 15 is 0 Å². The third-order valence-electron chi connectivity index (χ3n) is 1.10. The summed E-state index contributed by atoms with van der Waals surface area (Å²) in [6.45, 7) is 3.95. The molecule has 0 heterocycles. The van der Waals surface area contributed by atoms with Crippen LogP contribution in [0.25, 0.3) is 0 Å². The molecule has 0 rings (SSSR count). The molecule has 54 valence electrons. The first-order valence-electron chi connectivity index (χ1n) is 3.60. The molecule has 0 aromatic heterocycles. The smallest absolute Gasteiger partial charge is 0.0546 e. The Morgan fingerprint density at radius 3 is 2.56 bits per heavy atom. The molecule has 0 spiro atoms. The third-order valence-corrected chi connectivity index (χ3v) is 1.10. The molecule has 0 aliphatic heterocycles. The summed E-state index contributed by atoms with van der Waals surface area (Å²) in [5.74, 6) is 0. The predicted octanol–water partition coefficient (Wildman–Crippen LogP) is 2.11. The number of hydrogen-bond donors (Lipinski definition) is 1. The zero-order valence-corrected chi connectivity index (χ0v) is 6.30. The lowest BCUT2D eigenvalue weighted by atomic mass is 10.2. The summed E-state index contributed by atoms with van der Waals surface area (Å²) in [5, 5.41) is 8.80. The molecule has 0 unspecified atom stereocenters. The summed E-state index contributed by atoms with van der Waals surface area (Å²) >= 11 is 0. The molecule has 0 amide bonds. The molecule has 1 heteroatoms. The minimum atomic E-state index is -0.182. The van der Waals surface area contributed by atoms with E-state index < -0.39 is 0 Å². The van der Waals surface area contributed by atoms with Crippen LogP contribution in [0.2, 0.25) is 0 Å². The molecule has 0 fully saturated rings. The molecule has 0 aromatic carbocycles. The van der Waals surface area contributed by atoms with Gasteiger partial charge in [-0.15, -0.1) is 0 Å². The van der Waals surface area contributed by atoms with Crippen molar-refractivity contribution in [1.82, 2.24) is 0 Å². The van der Waals surface area contributed by atoms with Crippen LogP contribution in [0.5, 0.6) is 0 Å². The maximum absolute atomic E-state index is 8.80. The van der Waals surface area contributed by atoms with Crippen molar-refractivity contribution in [3.63, 3.8) is 0 Å². The highest BCUT2D eigenvalue weighted by Crippen LogP contribution is 1.94. The normalized spacial score (nSPS) is 14.6. The molecular formula is C8H16O. The van der Waals surface area contributed by atoms with Crippen molar-refractivity contribution >= 4 is 0 Å². The van der Waals surface area contributed by atoms with Crippen molar-refractivity contribution in [3.8, 4) is 0 Å². The summed E-state index contributed by atoms with van der Waals surface area (Å²) in [6, 6.07) is 0. The molecular weight excluding hydrogens is 112 g/mol. The zero-order valence-electron chi connectivity index (χ0n) is 6.30. The third kappa shape index (κ3) is 7.70. The SMILES string of the molecule is CCCC=CC[C@H](C)O. The van der Waals surface area contributed by atoms with Gasteiger partial charge < -0.3 is 5.11 Å². The highest BCUT2D eigenvalue weighted by molar-refractivity contribution is 4.82. The average molecular weight is 128 g/mol. The maximum Gasteiger partial charge on any atom is 0.0546 e. The second-order valence-corrected chi connectivity index (χ2v) is 2.34. The Bertz CT molecular complexity index is 74.6. The Morgan fingerprint density at radius 1 is 1.44 bits per heavy atom. The van der Waals surface area contributed by atoms with E-state index in [-0.39, 0.29) is 6.10 Å². The highest BCUT2D eigenvalue weighted by Gasteiger charge is 1.86. The first-order valence-corrected chi connectivity index (χ1v) is 3.60. The van der Waals surface area contributed by atoms with Gasteiger partial charge in [-0.1, -0.05) is 25.5 Å². The van der Waals surface area contributed by atoms with Crippen LogP contribution >= 0.6 is 0 Å². The largest absolute Gasteiger partial charge is 0.393 e. The molecule has 0 saturated heterocycles. The Kier molecular flexibility index (Phi) is 5.64. The monoisotopic (exact) mass is 128 g/mol. The van der Waals surface area contributed by atoms with E-state index in [9.17, 15) is 0 Å². The highest BCUT2D eigenvalue weighted by atomic mass is 16.3. The predicted molar refractivity (Wildman–Crippen MR) is 40.3 cm³/mol. The average Bonchev–Trinajstić information content (AvgIpc) is 1.80. The van der Waals surface area contributed by atoms with Crippen LogP contribution < -0.4 is 0 Å². The summed E-state index contributed by atoms with van der Waals surface area (Å²) in [7, 11) is 0. The second-order valence-electron chi connectivity index (χ2n) is 2.34. The minimum Gasteiger partial charge on any atom is -0.393 e. The van der Waals surface area contributed by atoms with E-state index in [0.29, 0.717) is 0 Å². The summed E-state index contributed by atoms with van der Waals surface area (Å²) in [4.78, 5) is 0. The van der Waals surface area contributed by atoms with Gasteiger partial charge in [0, 0.05) is 0 Å². The Hall–Kier alpha value is -0.300. The molecule has 0 aliphatic carbocycles. The van der Waals surface area contributed by atoms with E-state index in [1.165, 1.54) is 6.42 Å². The standard InChI is InChI=1S/C8H16O/c1-3-4-5-6-7-8(2)9/h5-6,8-9H,3-4,7H2,1-2H3/t8-/m0/s1. The first-order chi connectivity index (χ1) is 4.27. The summed E-state index contributed by atoms with van der Waals surface area (Å²) in [6.07, 6.45) is 7.09. The minimum absolute atomic E-state index is 0.182. The molecule has 0 bridgehead atoms. The van der Waals surface area contributed by atoms with Gasteiger partial charge in [-0.2, -0.15) is 0 Å². The van der Waals surface area contributed by atoms with E-state index in [1.807, 2.05) is 6.08 Å². The van der Waals surface area contributed by atoms with Gasteiger partial charge >= 0.3 is 0 Å². The summed E-state index contributed by atoms with van der Waals surface area (Å²) in [5.41, 5.74) is 0. The van der Waals surface area contributed by atoms with Crippen molar-refractivity contribution < 1.29 is 5.11 Å². The number of rotatable bonds is 4. The second kappa shape index (κ2) is 5.83. The van der Waals surface area contributed by atoms with Crippen molar-refractivity contribution in [1.29, 1.82) is 0 Å². The lowest BCUT2D eigenvalue weighted by molar-refractivity contribution is 0.198. The number of aliphatic hydroxyl groups is 1. The number of allylic oxidation sites excluding steroid dienone is 1. The molecule has 0 aromatic rings. The van der Waals surface area contributed by atoms with Crippen LogP contribution in [0.3, 0.4) is 0 Å². The van der Waals surface area contributed by atoms with Gasteiger partial charge in [-0.05, 0) is 19.8 Å². The van der Waals surface area contributed by atoms with Crippen LogP contribution in [0.1, 0.15) is 33.1 Å². The Labute approximate surface area is 57.4 Å². The molecule has 1 nitrogen and oxygen atoms in total. The molecule has 0 radical (unpaired) electrons. The van der Waals surface area contributed by atoms with Gasteiger partial charge in [-0.3, -0.25) is 0 Å². The fourth-order valence-corrected chi connectivity index (χ4v) is 0.578. The van der Waals surface area contributed by atoms with E-state index in [1.54, 1.807) is 6.92 Å². The van der Waals surface area contributed by atoms with Gasteiger partial charge in [-0.25, -0.2) is 0 Å². The quantitative estimate of drug-likeness (QED) is 0.575. The Balaban J connectivity index is 3.04. The lowest BCUT2D eigenvalue weighted by Crippen LogP contribution is -1.94. The fraction of sp³-hybridized carbons (Fsp3) is 0.750. The molecule has 1 N–H and O–H groups in total. The topological polar surface area (TPSA) is 20.2 Å². The first kappa shape index (κ1) is 8.70. The maximum atomic E-state index is 8.80. The lowest BCUT2D eigenvalue weighted by Gasteiger charge is -1.94. The van der Waals surface area contributed by atoms with Crippen LogP contribution in [0.15, 0.2) is 12.2 Å². The van der Waals surface area contributed by atoms with Crippen molar-refractivity contribution in [2.24, 2.45) is 0 Å². The van der Waals surface area contributed by atoms with E-state index in [4.69, 9.17) is 5.11 Å².